The molecule has 4 N–H and O–H groups in total. The first-order valence-electron chi connectivity index (χ1n) is 24.5. The fraction of sp³-hybridized carbons (Fsp3) is 0.528. The van der Waals surface area contributed by atoms with Crippen LogP contribution in [-0.4, -0.2) is 96.9 Å². The second kappa shape index (κ2) is 23.5. The van der Waals surface area contributed by atoms with Gasteiger partial charge in [-0.3, -0.25) is 19.7 Å². The Morgan fingerprint density at radius 3 is 2.06 bits per heavy atom. The Kier molecular flexibility index (Phi) is 18.6. The van der Waals surface area contributed by atoms with Gasteiger partial charge in [0.15, 0.2) is 14.1 Å². The molecule has 1 aliphatic carbocycles. The molecule has 0 unspecified atom stereocenters. The van der Waals surface area contributed by atoms with Gasteiger partial charge >= 0.3 is 12.2 Å². The molecule has 17 heteroatoms. The zero-order valence-corrected chi connectivity index (χ0v) is 45.4. The van der Waals surface area contributed by atoms with Crippen LogP contribution in [0.15, 0.2) is 79.4 Å². The number of carbonyl (C=O) groups is 5. The minimum atomic E-state index is -2.52. The lowest BCUT2D eigenvalue weighted by Gasteiger charge is -2.42. The number of rotatable bonds is 22. The predicted octanol–water partition coefficient (Wildman–Crippen LogP) is 10.6. The summed E-state index contributed by atoms with van der Waals surface area (Å²) in [6, 6.07) is 18.1. The molecule has 15 nitrogen and oxygen atoms in total. The van der Waals surface area contributed by atoms with Crippen LogP contribution in [-0.2, 0) is 36.5 Å². The molecular formula is C53H77N5O10Si2. The molecule has 2 atom stereocenters. The number of likely N-dealkylation sites (tertiary alicyclic amines) is 1. The smallest absolute Gasteiger partial charge is 0.411 e. The van der Waals surface area contributed by atoms with Gasteiger partial charge in [-0.2, -0.15) is 0 Å². The number of carbonyl (C=O) groups excluding carboxylic acids is 5. The van der Waals surface area contributed by atoms with Gasteiger partial charge in [-0.15, -0.1) is 0 Å². The van der Waals surface area contributed by atoms with Crippen LogP contribution in [0.5, 0.6) is 11.5 Å². The standard InChI is InChI=1S/C53H77N5O10Si2/c1-14-26-65-50(62)57-44(27-38-18-16-15-17-19-38)48(60)54-31-47(59)55-40-22-20-39(21-23-40)32-66-51(63)56-43-29-46(68-70(35(2)3,36(4)5)37(6)7)45(64-11)28-42(43)49(61)58-34-53(24-25-53)30-41(58)33-67-69(12,13)52(8,9)10/h14-23,28-29,35-37,41,44H,1,24-27,30-34H2,2-13H3,(H,54,60)(H,55,59)(H,56,63)(H,57,62)/t41-,44-/m0/s1. The number of anilines is 2. The van der Waals surface area contributed by atoms with Crippen molar-refractivity contribution in [3.05, 3.63) is 96.1 Å². The lowest BCUT2D eigenvalue weighted by Crippen LogP contribution is -2.50. The minimum Gasteiger partial charge on any atom is -0.540 e. The van der Waals surface area contributed by atoms with E-state index in [2.05, 4.69) is 103 Å². The van der Waals surface area contributed by atoms with E-state index in [1.165, 1.54) is 6.08 Å². The molecule has 2 aliphatic rings. The number of amides is 5. The average Bonchev–Trinajstić information content (AvgIpc) is 3.96. The third kappa shape index (κ3) is 14.0. The van der Waals surface area contributed by atoms with E-state index in [-0.39, 0.29) is 76.5 Å². The summed E-state index contributed by atoms with van der Waals surface area (Å²) in [5.41, 5.74) is 3.22. The van der Waals surface area contributed by atoms with E-state index in [9.17, 15) is 24.0 Å². The normalized spacial score (nSPS) is 15.9. The average molecular weight is 1000 g/mol. The molecule has 70 heavy (non-hydrogen) atoms. The highest BCUT2D eigenvalue weighted by Gasteiger charge is 2.54. The monoisotopic (exact) mass is 1000 g/mol. The van der Waals surface area contributed by atoms with Crippen molar-refractivity contribution in [2.75, 3.05) is 44.0 Å². The molecule has 1 heterocycles. The topological polar surface area (TPSA) is 183 Å². The van der Waals surface area contributed by atoms with Crippen LogP contribution in [0.3, 0.4) is 0 Å². The summed E-state index contributed by atoms with van der Waals surface area (Å²) in [4.78, 5) is 69.0. The van der Waals surface area contributed by atoms with Crippen LogP contribution in [0.25, 0.3) is 0 Å². The summed E-state index contributed by atoms with van der Waals surface area (Å²) >= 11 is 0. The summed E-state index contributed by atoms with van der Waals surface area (Å²) < 4.78 is 30.6. The lowest BCUT2D eigenvalue weighted by molar-refractivity contribution is -0.125. The number of ether oxygens (including phenoxy) is 3. The van der Waals surface area contributed by atoms with Crippen LogP contribution in [0, 0.1) is 5.41 Å². The van der Waals surface area contributed by atoms with E-state index in [1.807, 2.05) is 35.2 Å². The molecule has 1 saturated heterocycles. The number of nitrogens with one attached hydrogen (secondary N) is 4. The maximum Gasteiger partial charge on any atom is 0.411 e. The third-order valence-electron chi connectivity index (χ3n) is 14.3. The Balaban J connectivity index is 1.30. The Labute approximate surface area is 417 Å². The van der Waals surface area contributed by atoms with E-state index in [0.717, 1.165) is 24.8 Å². The Bertz CT molecular complexity index is 2290. The fourth-order valence-corrected chi connectivity index (χ4v) is 15.5. The molecule has 5 rings (SSSR count). The van der Waals surface area contributed by atoms with Crippen molar-refractivity contribution >= 4 is 57.9 Å². The molecular weight excluding hydrogens is 923 g/mol. The van der Waals surface area contributed by atoms with Crippen molar-refractivity contribution in [2.45, 2.75) is 141 Å². The summed E-state index contributed by atoms with van der Waals surface area (Å²) in [7, 11) is -3.08. The molecule has 3 aromatic carbocycles. The molecule has 1 aliphatic heterocycles. The summed E-state index contributed by atoms with van der Waals surface area (Å²) in [6.45, 7) is 28.3. The molecule has 3 aromatic rings. The maximum absolute atomic E-state index is 14.9. The van der Waals surface area contributed by atoms with Crippen LogP contribution >= 0.6 is 0 Å². The van der Waals surface area contributed by atoms with E-state index in [1.54, 1.807) is 43.5 Å². The number of hydrogen-bond acceptors (Lipinski definition) is 10. The van der Waals surface area contributed by atoms with Crippen molar-refractivity contribution in [1.82, 2.24) is 15.5 Å². The van der Waals surface area contributed by atoms with Crippen molar-refractivity contribution in [3.8, 4) is 11.5 Å². The SMILES string of the molecule is C=CCOC(=O)N[C@@H](Cc1ccccc1)C(=O)NCC(=O)Nc1ccc(COC(=O)Nc2cc(O[Si](C(C)C)(C(C)C)C(C)C)c(OC)cc2C(=O)N2CC3(CC3)C[C@H]2CO[Si](C)(C)C(C)(C)C)cc1. The van der Waals surface area contributed by atoms with Gasteiger partial charge in [0.1, 0.15) is 25.0 Å². The zero-order valence-electron chi connectivity index (χ0n) is 43.4. The number of methoxy groups -OCH3 is 1. The number of hydrogen-bond donors (Lipinski definition) is 4. The summed E-state index contributed by atoms with van der Waals surface area (Å²) in [5, 5.41) is 10.8. The van der Waals surface area contributed by atoms with Crippen LogP contribution in [0.2, 0.25) is 34.8 Å². The first-order valence-corrected chi connectivity index (χ1v) is 29.5. The predicted molar refractivity (Wildman–Crippen MR) is 279 cm³/mol. The van der Waals surface area contributed by atoms with Gasteiger partial charge in [-0.05, 0) is 88.8 Å². The molecule has 382 valence electrons. The summed E-state index contributed by atoms with van der Waals surface area (Å²) in [6.07, 6.45) is 3.02. The number of nitrogens with zero attached hydrogens (tertiary/aromatic N) is 1. The maximum atomic E-state index is 14.9. The van der Waals surface area contributed by atoms with Gasteiger partial charge < -0.3 is 43.9 Å². The van der Waals surface area contributed by atoms with Crippen molar-refractivity contribution < 1.29 is 47.0 Å². The lowest BCUT2D eigenvalue weighted by atomic mass is 10.0. The number of benzene rings is 3. The van der Waals surface area contributed by atoms with Gasteiger partial charge in [0.05, 0.1) is 37.6 Å². The first kappa shape index (κ1) is 55.3. The highest BCUT2D eigenvalue weighted by Crippen LogP contribution is 2.56. The highest BCUT2D eigenvalue weighted by molar-refractivity contribution is 6.78. The Morgan fingerprint density at radius 1 is 0.843 bits per heavy atom. The minimum absolute atomic E-state index is 0.0101. The summed E-state index contributed by atoms with van der Waals surface area (Å²) in [5.74, 6) is -0.415. The molecule has 0 aromatic heterocycles. The van der Waals surface area contributed by atoms with Crippen molar-refractivity contribution in [3.63, 3.8) is 0 Å². The van der Waals surface area contributed by atoms with E-state index in [0.29, 0.717) is 35.9 Å². The highest BCUT2D eigenvalue weighted by atomic mass is 28.4. The quantitative estimate of drug-likeness (QED) is 0.0558. The molecule has 1 spiro atoms. The van der Waals surface area contributed by atoms with Crippen LogP contribution < -0.4 is 30.4 Å². The fourth-order valence-electron chi connectivity index (χ4n) is 9.24. The Morgan fingerprint density at radius 2 is 1.49 bits per heavy atom. The molecule has 5 amide bonds. The molecule has 1 saturated carbocycles. The second-order valence-electron chi connectivity index (χ2n) is 21.3. The van der Waals surface area contributed by atoms with Gasteiger partial charge in [0.2, 0.25) is 11.8 Å². The van der Waals surface area contributed by atoms with E-state index >= 15 is 0 Å². The molecule has 0 bridgehead atoms. The van der Waals surface area contributed by atoms with E-state index in [4.69, 9.17) is 23.1 Å². The van der Waals surface area contributed by atoms with Gasteiger partial charge in [0.25, 0.3) is 14.2 Å². The second-order valence-corrected chi connectivity index (χ2v) is 31.5. The van der Waals surface area contributed by atoms with E-state index < -0.39 is 46.7 Å². The van der Waals surface area contributed by atoms with Gasteiger partial charge in [-0.25, -0.2) is 9.59 Å². The molecule has 2 fully saturated rings. The van der Waals surface area contributed by atoms with Crippen LogP contribution in [0.4, 0.5) is 21.0 Å². The number of alkyl carbamates (subject to hydrolysis) is 1. The van der Waals surface area contributed by atoms with Crippen LogP contribution in [0.1, 0.15) is 103 Å². The first-order chi connectivity index (χ1) is 32.9. The largest absolute Gasteiger partial charge is 0.540 e. The van der Waals surface area contributed by atoms with Gasteiger partial charge in [-0.1, -0.05) is 117 Å². The zero-order chi connectivity index (χ0) is 51.6. The molecule has 0 radical (unpaired) electrons. The van der Waals surface area contributed by atoms with Crippen molar-refractivity contribution in [1.29, 1.82) is 0 Å². The Hall–Kier alpha value is -5.66. The van der Waals surface area contributed by atoms with Crippen molar-refractivity contribution in [2.24, 2.45) is 5.41 Å². The van der Waals surface area contributed by atoms with Gasteiger partial charge in [0, 0.05) is 24.7 Å². The third-order valence-corrected chi connectivity index (χ3v) is 24.8.